The van der Waals surface area contributed by atoms with Crippen molar-refractivity contribution in [3.63, 3.8) is 0 Å². The second-order valence-electron chi connectivity index (χ2n) is 8.61. The lowest BCUT2D eigenvalue weighted by atomic mass is 9.73. The zero-order valence-electron chi connectivity index (χ0n) is 17.2. The fourth-order valence-electron chi connectivity index (χ4n) is 4.38. The molecular formula is C21H45N. The molecule has 5 atom stereocenters. The molecule has 0 aromatic carbocycles. The van der Waals surface area contributed by atoms with Crippen molar-refractivity contribution in [3.8, 4) is 0 Å². The van der Waals surface area contributed by atoms with E-state index in [0.717, 1.165) is 29.6 Å². The molecule has 0 saturated carbocycles. The summed E-state index contributed by atoms with van der Waals surface area (Å²) in [6.07, 6.45) is 3.95. The Morgan fingerprint density at radius 3 is 1.59 bits per heavy atom. The molecule has 0 amide bonds. The molecule has 0 aromatic heterocycles. The molecule has 0 heterocycles. The van der Waals surface area contributed by atoms with Gasteiger partial charge in [0.2, 0.25) is 0 Å². The molecule has 0 saturated heterocycles. The zero-order chi connectivity index (χ0) is 17.4. The van der Waals surface area contributed by atoms with Crippen LogP contribution < -0.4 is 5.32 Å². The minimum atomic E-state index is 0.593. The topological polar surface area (TPSA) is 12.0 Å². The first kappa shape index (κ1) is 22.0. The van der Waals surface area contributed by atoms with Gasteiger partial charge in [-0.25, -0.2) is 0 Å². The number of hydrogen-bond acceptors (Lipinski definition) is 1. The molecule has 0 radical (unpaired) electrons. The third kappa shape index (κ3) is 6.60. The summed E-state index contributed by atoms with van der Waals surface area (Å²) in [5.41, 5.74) is 0. The first-order valence-corrected chi connectivity index (χ1v) is 9.93. The summed E-state index contributed by atoms with van der Waals surface area (Å²) in [7, 11) is 0. The average molecular weight is 312 g/mol. The van der Waals surface area contributed by atoms with Gasteiger partial charge in [-0.3, -0.25) is 0 Å². The lowest BCUT2D eigenvalue weighted by molar-refractivity contribution is 0.135. The molecular weight excluding hydrogens is 266 g/mol. The van der Waals surface area contributed by atoms with Crippen molar-refractivity contribution in [1.82, 2.24) is 5.32 Å². The first-order chi connectivity index (χ1) is 10.2. The lowest BCUT2D eigenvalue weighted by Gasteiger charge is -2.40. The van der Waals surface area contributed by atoms with E-state index in [4.69, 9.17) is 0 Å². The van der Waals surface area contributed by atoms with E-state index in [9.17, 15) is 0 Å². The van der Waals surface area contributed by atoms with Gasteiger partial charge in [-0.05, 0) is 48.9 Å². The molecule has 0 aliphatic rings. The van der Waals surface area contributed by atoms with Gasteiger partial charge in [-0.1, -0.05) is 75.2 Å². The fraction of sp³-hybridized carbons (Fsp3) is 1.00. The Labute approximate surface area is 142 Å². The Kier molecular flexibility index (Phi) is 10.7. The van der Waals surface area contributed by atoms with Crippen molar-refractivity contribution in [2.75, 3.05) is 0 Å². The van der Waals surface area contributed by atoms with Crippen LogP contribution in [0.1, 0.15) is 88.5 Å². The molecule has 1 nitrogen and oxygen atoms in total. The van der Waals surface area contributed by atoms with Crippen molar-refractivity contribution >= 4 is 0 Å². The first-order valence-electron chi connectivity index (χ1n) is 9.93. The standard InChI is InChI=1S/C21H45N/c1-11-13-19(12-2)21(16(7)8)22-18(10)20(15(5)6)17(9)14(3)4/h14-22H,11-13H2,1-10H3. The highest BCUT2D eigenvalue weighted by molar-refractivity contribution is 4.87. The van der Waals surface area contributed by atoms with Crippen LogP contribution in [-0.2, 0) is 0 Å². The molecule has 0 aliphatic heterocycles. The molecule has 1 heteroatoms. The van der Waals surface area contributed by atoms with Crippen LogP contribution >= 0.6 is 0 Å². The summed E-state index contributed by atoms with van der Waals surface area (Å²) in [4.78, 5) is 0. The highest BCUT2D eigenvalue weighted by Crippen LogP contribution is 2.31. The van der Waals surface area contributed by atoms with Crippen LogP contribution in [0.5, 0.6) is 0 Å². The normalized spacial score (nSPS) is 19.5. The molecule has 22 heavy (non-hydrogen) atoms. The number of rotatable bonds is 11. The van der Waals surface area contributed by atoms with E-state index in [1.54, 1.807) is 0 Å². The van der Waals surface area contributed by atoms with Crippen LogP contribution in [0.3, 0.4) is 0 Å². The lowest BCUT2D eigenvalue weighted by Crippen LogP contribution is -2.50. The Morgan fingerprint density at radius 1 is 0.727 bits per heavy atom. The van der Waals surface area contributed by atoms with Crippen molar-refractivity contribution in [2.45, 2.75) is 101 Å². The molecule has 0 spiro atoms. The predicted molar refractivity (Wildman–Crippen MR) is 102 cm³/mol. The Hall–Kier alpha value is -0.0400. The molecule has 0 bridgehead atoms. The van der Waals surface area contributed by atoms with Gasteiger partial charge in [-0.15, -0.1) is 0 Å². The Balaban J connectivity index is 5.08. The van der Waals surface area contributed by atoms with Gasteiger partial charge in [0.15, 0.2) is 0 Å². The smallest absolute Gasteiger partial charge is 0.0121 e. The van der Waals surface area contributed by atoms with Crippen molar-refractivity contribution in [2.24, 2.45) is 35.5 Å². The van der Waals surface area contributed by atoms with E-state index in [1.165, 1.54) is 19.3 Å². The van der Waals surface area contributed by atoms with Gasteiger partial charge < -0.3 is 5.32 Å². The minimum absolute atomic E-state index is 0.593. The van der Waals surface area contributed by atoms with Crippen molar-refractivity contribution in [3.05, 3.63) is 0 Å². The van der Waals surface area contributed by atoms with E-state index >= 15 is 0 Å². The number of nitrogens with one attached hydrogen (secondary N) is 1. The van der Waals surface area contributed by atoms with E-state index in [-0.39, 0.29) is 0 Å². The highest BCUT2D eigenvalue weighted by atomic mass is 15.0. The van der Waals surface area contributed by atoms with Crippen molar-refractivity contribution < 1.29 is 0 Å². The second-order valence-corrected chi connectivity index (χ2v) is 8.61. The van der Waals surface area contributed by atoms with Crippen LogP contribution in [0, 0.1) is 35.5 Å². The summed E-state index contributed by atoms with van der Waals surface area (Å²) >= 11 is 0. The van der Waals surface area contributed by atoms with Gasteiger partial charge >= 0.3 is 0 Å². The van der Waals surface area contributed by atoms with Crippen LogP contribution in [0.15, 0.2) is 0 Å². The summed E-state index contributed by atoms with van der Waals surface area (Å²) in [6, 6.07) is 1.25. The Morgan fingerprint density at radius 2 is 1.27 bits per heavy atom. The zero-order valence-corrected chi connectivity index (χ0v) is 17.2. The van der Waals surface area contributed by atoms with Gasteiger partial charge in [-0.2, -0.15) is 0 Å². The van der Waals surface area contributed by atoms with Crippen LogP contribution in [-0.4, -0.2) is 12.1 Å². The van der Waals surface area contributed by atoms with E-state index in [1.807, 2.05) is 0 Å². The van der Waals surface area contributed by atoms with E-state index in [2.05, 4.69) is 74.6 Å². The maximum absolute atomic E-state index is 4.07. The largest absolute Gasteiger partial charge is 0.311 e. The molecule has 1 N–H and O–H groups in total. The average Bonchev–Trinajstić information content (AvgIpc) is 2.41. The predicted octanol–water partition coefficient (Wildman–Crippen LogP) is 6.38. The van der Waals surface area contributed by atoms with Gasteiger partial charge in [0, 0.05) is 12.1 Å². The molecule has 134 valence electrons. The molecule has 0 aliphatic carbocycles. The second kappa shape index (κ2) is 10.7. The summed E-state index contributed by atoms with van der Waals surface area (Å²) < 4.78 is 0. The molecule has 0 rings (SSSR count). The third-order valence-corrected chi connectivity index (χ3v) is 5.87. The van der Waals surface area contributed by atoms with E-state index in [0.29, 0.717) is 18.0 Å². The monoisotopic (exact) mass is 311 g/mol. The maximum Gasteiger partial charge on any atom is 0.0121 e. The van der Waals surface area contributed by atoms with Gasteiger partial charge in [0.1, 0.15) is 0 Å². The van der Waals surface area contributed by atoms with Crippen LogP contribution in [0.25, 0.3) is 0 Å². The Bertz CT molecular complexity index is 269. The molecule has 5 unspecified atom stereocenters. The number of hydrogen-bond donors (Lipinski definition) is 1. The van der Waals surface area contributed by atoms with Crippen molar-refractivity contribution in [1.29, 1.82) is 0 Å². The summed E-state index contributed by atoms with van der Waals surface area (Å²) in [5.74, 6) is 4.53. The molecule has 0 aromatic rings. The minimum Gasteiger partial charge on any atom is -0.311 e. The summed E-state index contributed by atoms with van der Waals surface area (Å²) in [6.45, 7) is 23.9. The van der Waals surface area contributed by atoms with Crippen LogP contribution in [0.2, 0.25) is 0 Å². The SMILES string of the molecule is CCCC(CC)C(NC(C)C(C(C)C)C(C)C(C)C)C(C)C. The quantitative estimate of drug-likeness (QED) is 0.467. The van der Waals surface area contributed by atoms with Gasteiger partial charge in [0.05, 0.1) is 0 Å². The van der Waals surface area contributed by atoms with Crippen LogP contribution in [0.4, 0.5) is 0 Å². The fourth-order valence-corrected chi connectivity index (χ4v) is 4.38. The van der Waals surface area contributed by atoms with E-state index < -0.39 is 0 Å². The van der Waals surface area contributed by atoms with Gasteiger partial charge in [0.25, 0.3) is 0 Å². The summed E-state index contributed by atoms with van der Waals surface area (Å²) in [5, 5.41) is 4.07. The molecule has 0 fully saturated rings. The maximum atomic E-state index is 4.07. The third-order valence-electron chi connectivity index (χ3n) is 5.87. The highest BCUT2D eigenvalue weighted by Gasteiger charge is 2.32.